The number of hydrogen-bond donors (Lipinski definition) is 0. The van der Waals surface area contributed by atoms with E-state index in [4.69, 9.17) is 17.0 Å². The summed E-state index contributed by atoms with van der Waals surface area (Å²) in [7, 11) is 11.0. The summed E-state index contributed by atoms with van der Waals surface area (Å²) in [6.45, 7) is 13.1. The van der Waals surface area contributed by atoms with Gasteiger partial charge in [-0.3, -0.25) is 0 Å². The molecule has 0 aromatic heterocycles. The summed E-state index contributed by atoms with van der Waals surface area (Å²) in [5, 5.41) is 5.51. The maximum absolute atomic E-state index is 4.93. The van der Waals surface area contributed by atoms with Gasteiger partial charge in [0.15, 0.2) is 0 Å². The average molecular weight is 715 g/mol. The SMILES string of the molecule is CCCc1ccc2[cH-]c(C)cc2c1-c1ccccc1.CCCc1ccc2[cH-]c(C)cc2c1-c1ccccc1.C[Si]C.[Cl][Zr+2][Cl]. The third-order valence-corrected chi connectivity index (χ3v) is 7.41. The van der Waals surface area contributed by atoms with Crippen LogP contribution in [0.4, 0.5) is 0 Å². The summed E-state index contributed by atoms with van der Waals surface area (Å²) in [5.74, 6) is 0. The Labute approximate surface area is 287 Å². The van der Waals surface area contributed by atoms with E-state index in [2.05, 4.69) is 150 Å². The van der Waals surface area contributed by atoms with E-state index in [1.807, 2.05) is 0 Å². The van der Waals surface area contributed by atoms with E-state index in [0.717, 1.165) is 22.4 Å². The normalized spacial score (nSPS) is 10.2. The Balaban J connectivity index is 0.000000204. The van der Waals surface area contributed by atoms with Crippen molar-refractivity contribution in [3.8, 4) is 22.3 Å². The van der Waals surface area contributed by atoms with Crippen LogP contribution in [-0.4, -0.2) is 9.52 Å². The minimum absolute atomic E-state index is 0.826. The van der Waals surface area contributed by atoms with Gasteiger partial charge in [-0.15, -0.1) is 69.1 Å². The monoisotopic (exact) mass is 712 g/mol. The second-order valence-electron chi connectivity index (χ2n) is 11.1. The molecule has 226 valence electrons. The summed E-state index contributed by atoms with van der Waals surface area (Å²) in [5.41, 5.74) is 11.1. The standard InChI is InChI=1S/2C19H19.C2H6Si.2ClH.Zr/c2*1-3-7-15-10-11-17-12-14(2)13-18(17)19(15)16-8-5-4-6-9-16;1-3-2;;;/h2*4-6,8-13H,3,7H2,1-2H3;1-2H3;2*1H;/q2*-1;;;;+4/p-2. The first kappa shape index (κ1) is 36.3. The van der Waals surface area contributed by atoms with E-state index in [0.29, 0.717) is 0 Å². The van der Waals surface area contributed by atoms with E-state index in [-0.39, 0.29) is 0 Å². The van der Waals surface area contributed by atoms with Gasteiger partial charge >= 0.3 is 37.9 Å². The van der Waals surface area contributed by atoms with Crippen molar-refractivity contribution in [3.63, 3.8) is 0 Å². The van der Waals surface area contributed by atoms with Crippen LogP contribution >= 0.6 is 17.0 Å². The van der Waals surface area contributed by atoms with Gasteiger partial charge < -0.3 is 0 Å². The summed E-state index contributed by atoms with van der Waals surface area (Å²) in [6, 6.07) is 39.8. The molecule has 0 atom stereocenters. The minimum atomic E-state index is -0.826. The summed E-state index contributed by atoms with van der Waals surface area (Å²) in [6.07, 6.45) is 4.66. The van der Waals surface area contributed by atoms with E-state index < -0.39 is 20.8 Å². The fraction of sp³-hybridized carbons (Fsp3) is 0.250. The molecule has 0 spiro atoms. The Morgan fingerprint density at radius 2 is 0.932 bits per heavy atom. The second kappa shape index (κ2) is 19.3. The van der Waals surface area contributed by atoms with Gasteiger partial charge in [-0.2, -0.15) is 12.1 Å². The van der Waals surface area contributed by atoms with Crippen molar-refractivity contribution < 1.29 is 20.8 Å². The molecule has 0 aliphatic rings. The van der Waals surface area contributed by atoms with Crippen molar-refractivity contribution in [2.75, 3.05) is 0 Å². The molecule has 0 fully saturated rings. The maximum atomic E-state index is 4.93. The fourth-order valence-corrected chi connectivity index (χ4v) is 5.80. The first-order chi connectivity index (χ1) is 21.4. The molecule has 0 saturated carbocycles. The zero-order chi connectivity index (χ0) is 31.9. The predicted octanol–water partition coefficient (Wildman–Crippen LogP) is 13.1. The van der Waals surface area contributed by atoms with Crippen LogP contribution in [0.3, 0.4) is 0 Å². The van der Waals surface area contributed by atoms with E-state index >= 15 is 0 Å². The number of hydrogen-bond acceptors (Lipinski definition) is 0. The van der Waals surface area contributed by atoms with Crippen molar-refractivity contribution in [3.05, 3.63) is 131 Å². The van der Waals surface area contributed by atoms with Crippen molar-refractivity contribution in [1.82, 2.24) is 0 Å². The number of aryl methyl sites for hydroxylation is 4. The topological polar surface area (TPSA) is 0 Å². The first-order valence-corrected chi connectivity index (χ1v) is 23.8. The summed E-state index contributed by atoms with van der Waals surface area (Å²) in [4.78, 5) is 0. The Morgan fingerprint density at radius 3 is 1.25 bits per heavy atom. The zero-order valence-corrected chi connectivity index (χ0v) is 31.9. The molecule has 0 heterocycles. The molecule has 4 heteroatoms. The first-order valence-electron chi connectivity index (χ1n) is 15.5. The van der Waals surface area contributed by atoms with E-state index in [9.17, 15) is 0 Å². The van der Waals surface area contributed by atoms with Crippen LogP contribution in [0.15, 0.2) is 109 Å². The van der Waals surface area contributed by atoms with Gasteiger partial charge in [0, 0.05) is 9.52 Å². The molecule has 0 aliphatic heterocycles. The second-order valence-corrected chi connectivity index (χ2v) is 15.8. The molecule has 0 unspecified atom stereocenters. The molecular weight excluding hydrogens is 671 g/mol. The molecule has 0 amide bonds. The molecule has 2 radical (unpaired) electrons. The molecule has 0 aliphatic carbocycles. The molecule has 6 aromatic rings. The molecule has 44 heavy (non-hydrogen) atoms. The van der Waals surface area contributed by atoms with Crippen molar-refractivity contribution >= 4 is 48.1 Å². The number of fused-ring (bicyclic) bond motifs is 2. The molecular formula is C40H44Cl2SiZr. The third-order valence-electron chi connectivity index (χ3n) is 7.41. The number of halogens is 2. The Hall–Kier alpha value is -2.22. The van der Waals surface area contributed by atoms with Crippen LogP contribution in [0.5, 0.6) is 0 Å². The summed E-state index contributed by atoms with van der Waals surface area (Å²) < 4.78 is 0. The zero-order valence-electron chi connectivity index (χ0n) is 27.0. The van der Waals surface area contributed by atoms with Gasteiger partial charge in [-0.25, -0.2) is 0 Å². The van der Waals surface area contributed by atoms with Gasteiger partial charge in [0.2, 0.25) is 0 Å². The summed E-state index contributed by atoms with van der Waals surface area (Å²) >= 11 is -0.826. The van der Waals surface area contributed by atoms with Crippen LogP contribution < -0.4 is 0 Å². The Kier molecular flexibility index (Phi) is 15.9. The fourth-order valence-electron chi connectivity index (χ4n) is 5.80. The number of rotatable bonds is 6. The van der Waals surface area contributed by atoms with E-state index in [1.54, 1.807) is 0 Å². The van der Waals surface area contributed by atoms with Crippen LogP contribution in [0.2, 0.25) is 13.1 Å². The van der Waals surface area contributed by atoms with Crippen LogP contribution in [0, 0.1) is 13.8 Å². The Morgan fingerprint density at radius 1 is 0.591 bits per heavy atom. The third kappa shape index (κ3) is 9.89. The van der Waals surface area contributed by atoms with Gasteiger partial charge in [0.1, 0.15) is 0 Å². The quantitative estimate of drug-likeness (QED) is 0.119. The van der Waals surface area contributed by atoms with Crippen LogP contribution in [0.25, 0.3) is 43.8 Å². The molecule has 6 rings (SSSR count). The molecule has 0 bridgehead atoms. The van der Waals surface area contributed by atoms with Gasteiger partial charge in [0.05, 0.1) is 0 Å². The van der Waals surface area contributed by atoms with Gasteiger partial charge in [0.25, 0.3) is 0 Å². The van der Waals surface area contributed by atoms with E-state index in [1.165, 1.54) is 78.9 Å². The van der Waals surface area contributed by atoms with Crippen LogP contribution in [-0.2, 0) is 33.7 Å². The Bertz CT molecular complexity index is 1560. The van der Waals surface area contributed by atoms with Crippen molar-refractivity contribution in [2.24, 2.45) is 0 Å². The molecule has 6 aromatic carbocycles. The molecule has 0 nitrogen and oxygen atoms in total. The predicted molar refractivity (Wildman–Crippen MR) is 197 cm³/mol. The van der Waals surface area contributed by atoms with Gasteiger partial charge in [-0.1, -0.05) is 137 Å². The average Bonchev–Trinajstić information content (AvgIpc) is 3.60. The van der Waals surface area contributed by atoms with Crippen LogP contribution in [0.1, 0.15) is 48.9 Å². The van der Waals surface area contributed by atoms with Crippen molar-refractivity contribution in [2.45, 2.75) is 66.5 Å². The number of benzene rings is 4. The van der Waals surface area contributed by atoms with Crippen molar-refractivity contribution in [1.29, 1.82) is 0 Å². The van der Waals surface area contributed by atoms with Gasteiger partial charge in [-0.05, 0) is 24.0 Å². The molecule has 0 N–H and O–H groups in total. The molecule has 0 saturated heterocycles.